The topological polar surface area (TPSA) is 70.3 Å². The molecule has 1 aromatic heterocycles. The Morgan fingerprint density at radius 1 is 1.00 bits per heavy atom. The van der Waals surface area contributed by atoms with Gasteiger partial charge in [-0.25, -0.2) is 0 Å². The van der Waals surface area contributed by atoms with Crippen LogP contribution < -0.4 is 15.2 Å². The summed E-state index contributed by atoms with van der Waals surface area (Å²) in [5, 5.41) is 8.04. The number of nitrogens with zero attached hydrogens (tertiary/aromatic N) is 2. The first-order chi connectivity index (χ1) is 9.58. The third-order valence-electron chi connectivity index (χ3n) is 3.43. The maximum atomic E-state index is 6.28. The minimum Gasteiger partial charge on any atom is -0.496 e. The Labute approximate surface area is 118 Å². The molecule has 5 nitrogen and oxygen atoms in total. The Morgan fingerprint density at radius 3 is 2.30 bits per heavy atom. The number of benzene rings is 1. The number of aromatic nitrogens is 2. The van der Waals surface area contributed by atoms with Gasteiger partial charge in [-0.05, 0) is 31.0 Å². The molecule has 1 atom stereocenters. The highest BCUT2D eigenvalue weighted by Gasteiger charge is 2.18. The molecule has 0 amide bonds. The fraction of sp³-hybridized carbons (Fsp3) is 0.333. The molecule has 5 heteroatoms. The molecule has 0 bridgehead atoms. The molecule has 0 radical (unpaired) electrons. The maximum Gasteiger partial charge on any atom is 0.233 e. The fourth-order valence-corrected chi connectivity index (χ4v) is 2.09. The number of hydrogen-bond donors (Lipinski definition) is 1. The van der Waals surface area contributed by atoms with Crippen LogP contribution >= 0.6 is 0 Å². The average Bonchev–Trinajstić information content (AvgIpc) is 2.49. The van der Waals surface area contributed by atoms with E-state index in [2.05, 4.69) is 10.2 Å². The molecule has 1 unspecified atom stereocenters. The normalized spacial score (nSPS) is 12.1. The first kappa shape index (κ1) is 14.3. The molecule has 106 valence electrons. The first-order valence-electron chi connectivity index (χ1n) is 6.35. The van der Waals surface area contributed by atoms with E-state index in [4.69, 9.17) is 15.2 Å². The lowest BCUT2D eigenvalue weighted by molar-refractivity contribution is 0.390. The van der Waals surface area contributed by atoms with Crippen molar-refractivity contribution in [2.24, 2.45) is 5.73 Å². The van der Waals surface area contributed by atoms with Gasteiger partial charge in [-0.3, -0.25) is 0 Å². The second kappa shape index (κ2) is 5.88. The lowest BCUT2D eigenvalue weighted by Crippen LogP contribution is -2.16. The number of rotatable bonds is 4. The summed E-state index contributed by atoms with van der Waals surface area (Å²) in [6.45, 7) is 4.06. The molecule has 0 aliphatic heterocycles. The van der Waals surface area contributed by atoms with Gasteiger partial charge >= 0.3 is 0 Å². The van der Waals surface area contributed by atoms with Crippen molar-refractivity contribution in [1.82, 2.24) is 10.2 Å². The van der Waals surface area contributed by atoms with Gasteiger partial charge in [0.15, 0.2) is 0 Å². The standard InChI is InChI=1S/C15H19N3O2/c1-9-5-6-11(15(20-4)10(9)2)14(16)12-7-8-13(19-3)18-17-12/h5-8,14H,16H2,1-4H3. The second-order valence-corrected chi connectivity index (χ2v) is 4.61. The first-order valence-corrected chi connectivity index (χ1v) is 6.35. The Balaban J connectivity index is 2.42. The zero-order chi connectivity index (χ0) is 14.7. The summed E-state index contributed by atoms with van der Waals surface area (Å²) in [4.78, 5) is 0. The molecule has 2 aromatic rings. The Bertz CT molecular complexity index is 597. The van der Waals surface area contributed by atoms with Crippen LogP contribution in [0.2, 0.25) is 0 Å². The molecular weight excluding hydrogens is 254 g/mol. The van der Waals surface area contributed by atoms with Gasteiger partial charge in [0.05, 0.1) is 26.0 Å². The molecule has 0 spiro atoms. The van der Waals surface area contributed by atoms with E-state index in [1.165, 1.54) is 5.56 Å². The Hall–Kier alpha value is -2.14. The van der Waals surface area contributed by atoms with E-state index < -0.39 is 0 Å². The summed E-state index contributed by atoms with van der Waals surface area (Å²) in [6.07, 6.45) is 0. The lowest BCUT2D eigenvalue weighted by atomic mass is 9.97. The Morgan fingerprint density at radius 2 is 1.75 bits per heavy atom. The number of hydrogen-bond acceptors (Lipinski definition) is 5. The van der Waals surface area contributed by atoms with Crippen molar-refractivity contribution in [3.8, 4) is 11.6 Å². The van der Waals surface area contributed by atoms with Crippen LogP contribution in [0.1, 0.15) is 28.4 Å². The minimum absolute atomic E-state index is 0.386. The van der Waals surface area contributed by atoms with Gasteiger partial charge in [0.2, 0.25) is 5.88 Å². The smallest absolute Gasteiger partial charge is 0.233 e. The molecule has 2 rings (SSSR count). The van der Waals surface area contributed by atoms with E-state index in [9.17, 15) is 0 Å². The van der Waals surface area contributed by atoms with Crippen molar-refractivity contribution in [1.29, 1.82) is 0 Å². The predicted molar refractivity (Wildman–Crippen MR) is 77.1 cm³/mol. The zero-order valence-electron chi connectivity index (χ0n) is 12.2. The van der Waals surface area contributed by atoms with Crippen molar-refractivity contribution in [3.63, 3.8) is 0 Å². The van der Waals surface area contributed by atoms with Gasteiger partial charge in [-0.15, -0.1) is 10.2 Å². The predicted octanol–water partition coefficient (Wildman–Crippen LogP) is 2.16. The van der Waals surface area contributed by atoms with E-state index in [1.807, 2.05) is 32.0 Å². The molecule has 0 aliphatic carbocycles. The van der Waals surface area contributed by atoms with Crippen molar-refractivity contribution in [3.05, 3.63) is 46.6 Å². The van der Waals surface area contributed by atoms with Crippen LogP contribution in [0.15, 0.2) is 24.3 Å². The molecule has 1 heterocycles. The summed E-state index contributed by atoms with van der Waals surface area (Å²) < 4.78 is 10.5. The van der Waals surface area contributed by atoms with E-state index >= 15 is 0 Å². The van der Waals surface area contributed by atoms with Crippen LogP contribution in [-0.4, -0.2) is 24.4 Å². The van der Waals surface area contributed by atoms with Gasteiger partial charge in [0.1, 0.15) is 5.75 Å². The Kier molecular flexibility index (Phi) is 4.20. The monoisotopic (exact) mass is 273 g/mol. The second-order valence-electron chi connectivity index (χ2n) is 4.61. The summed E-state index contributed by atoms with van der Waals surface area (Å²) in [7, 11) is 3.20. The third-order valence-corrected chi connectivity index (χ3v) is 3.43. The van der Waals surface area contributed by atoms with Crippen molar-refractivity contribution < 1.29 is 9.47 Å². The van der Waals surface area contributed by atoms with E-state index in [0.717, 1.165) is 16.9 Å². The van der Waals surface area contributed by atoms with E-state index in [-0.39, 0.29) is 6.04 Å². The molecule has 1 aromatic carbocycles. The lowest BCUT2D eigenvalue weighted by Gasteiger charge is -2.18. The molecule has 0 saturated carbocycles. The van der Waals surface area contributed by atoms with Crippen LogP contribution in [0.4, 0.5) is 0 Å². The van der Waals surface area contributed by atoms with Gasteiger partial charge in [0.25, 0.3) is 0 Å². The highest BCUT2D eigenvalue weighted by molar-refractivity contribution is 5.48. The highest BCUT2D eigenvalue weighted by atomic mass is 16.5. The molecule has 20 heavy (non-hydrogen) atoms. The quantitative estimate of drug-likeness (QED) is 0.924. The van der Waals surface area contributed by atoms with Crippen molar-refractivity contribution >= 4 is 0 Å². The number of nitrogens with two attached hydrogens (primary N) is 1. The van der Waals surface area contributed by atoms with Gasteiger partial charge in [-0.1, -0.05) is 12.1 Å². The zero-order valence-corrected chi connectivity index (χ0v) is 12.2. The molecule has 0 saturated heterocycles. The maximum absolute atomic E-state index is 6.28. The minimum atomic E-state index is -0.386. The van der Waals surface area contributed by atoms with Gasteiger partial charge < -0.3 is 15.2 Å². The summed E-state index contributed by atoms with van der Waals surface area (Å²) in [6, 6.07) is 7.17. The van der Waals surface area contributed by atoms with E-state index in [1.54, 1.807) is 20.3 Å². The van der Waals surface area contributed by atoms with Crippen LogP contribution in [-0.2, 0) is 0 Å². The van der Waals surface area contributed by atoms with Gasteiger partial charge in [0, 0.05) is 11.6 Å². The third kappa shape index (κ3) is 2.58. The summed E-state index contributed by atoms with van der Waals surface area (Å²) in [5.74, 6) is 1.27. The number of ether oxygens (including phenoxy) is 2. The van der Waals surface area contributed by atoms with Crippen LogP contribution in [0, 0.1) is 13.8 Å². The number of methoxy groups -OCH3 is 2. The number of aryl methyl sites for hydroxylation is 1. The van der Waals surface area contributed by atoms with Crippen LogP contribution in [0.5, 0.6) is 11.6 Å². The average molecular weight is 273 g/mol. The summed E-state index contributed by atoms with van der Waals surface area (Å²) in [5.41, 5.74) is 10.1. The molecular formula is C15H19N3O2. The van der Waals surface area contributed by atoms with Crippen LogP contribution in [0.25, 0.3) is 0 Å². The van der Waals surface area contributed by atoms with Crippen molar-refractivity contribution in [2.45, 2.75) is 19.9 Å². The van der Waals surface area contributed by atoms with Crippen molar-refractivity contribution in [2.75, 3.05) is 14.2 Å². The SMILES string of the molecule is COc1ccc(C(N)c2ccc(C)c(C)c2OC)nn1. The van der Waals surface area contributed by atoms with E-state index in [0.29, 0.717) is 11.6 Å². The van der Waals surface area contributed by atoms with Crippen LogP contribution in [0.3, 0.4) is 0 Å². The largest absolute Gasteiger partial charge is 0.496 e. The molecule has 2 N–H and O–H groups in total. The fourth-order valence-electron chi connectivity index (χ4n) is 2.09. The molecule has 0 fully saturated rings. The summed E-state index contributed by atoms with van der Waals surface area (Å²) >= 11 is 0. The van der Waals surface area contributed by atoms with Gasteiger partial charge in [-0.2, -0.15) is 0 Å². The molecule has 0 aliphatic rings. The highest BCUT2D eigenvalue weighted by Crippen LogP contribution is 2.32.